The molecule has 0 aromatic rings. The van der Waals surface area contributed by atoms with Gasteiger partial charge in [0.25, 0.3) is 0 Å². The fourth-order valence-electron chi connectivity index (χ4n) is 7.35. The van der Waals surface area contributed by atoms with Crippen LogP contribution in [0.15, 0.2) is 36.5 Å². The molecule has 1 aliphatic heterocycles. The molecule has 0 aromatic heterocycles. The number of unbranched alkanes of at least 4 members (excludes halogenated alkanes) is 20. The van der Waals surface area contributed by atoms with Crippen LogP contribution in [0.1, 0.15) is 220 Å². The van der Waals surface area contributed by atoms with Gasteiger partial charge < -0.3 is 29.3 Å². The minimum Gasteiger partial charge on any atom is -0.462 e. The molecule has 0 saturated carbocycles. The second-order valence-electron chi connectivity index (χ2n) is 17.8. The number of allylic oxidation sites excluding steroid dienone is 5. The molecule has 0 spiro atoms. The largest absolute Gasteiger partial charge is 0.472 e. The van der Waals surface area contributed by atoms with Gasteiger partial charge in [-0.25, -0.2) is 4.57 Å². The van der Waals surface area contributed by atoms with Crippen LogP contribution in [-0.4, -0.2) is 77.9 Å². The summed E-state index contributed by atoms with van der Waals surface area (Å²) >= 11 is 0. The van der Waals surface area contributed by atoms with E-state index in [0.717, 1.165) is 44.4 Å². The first-order valence-corrected chi connectivity index (χ1v) is 27.0. The summed E-state index contributed by atoms with van der Waals surface area (Å²) in [6.45, 7) is 4.70. The number of epoxide rings is 1. The first kappa shape index (κ1) is 59.2. The zero-order chi connectivity index (χ0) is 46.1. The molecule has 0 aromatic carbocycles. The molecule has 0 aliphatic carbocycles. The number of phosphoric acid groups is 1. The van der Waals surface area contributed by atoms with E-state index in [1.54, 1.807) is 0 Å². The lowest BCUT2D eigenvalue weighted by atomic mass is 9.99. The lowest BCUT2D eigenvalue weighted by Crippen LogP contribution is -2.29. The SMILES string of the molecule is CCCCCC1OC1C/C=C\C/C=C\C/C=C\CCCC(=O)O[C@H](COC(=O)CCCCCCCCCCCCCCCCCCCCC(C)CC)COP(=O)(O)OC[C@@H](O)CO. The first-order valence-electron chi connectivity index (χ1n) is 25.5. The average molecular weight is 913 g/mol. The average Bonchev–Trinajstić information content (AvgIpc) is 4.03. The Morgan fingerprint density at radius 1 is 0.635 bits per heavy atom. The minimum absolute atomic E-state index is 0.106. The van der Waals surface area contributed by atoms with E-state index in [4.69, 9.17) is 28.4 Å². The molecule has 1 saturated heterocycles. The van der Waals surface area contributed by atoms with Gasteiger partial charge in [-0.05, 0) is 50.9 Å². The van der Waals surface area contributed by atoms with Crippen LogP contribution >= 0.6 is 7.82 Å². The Bertz CT molecular complexity index is 1220. The molecule has 368 valence electrons. The second-order valence-corrected chi connectivity index (χ2v) is 19.3. The number of esters is 2. The third kappa shape index (κ3) is 39.1. The van der Waals surface area contributed by atoms with Gasteiger partial charge in [0.15, 0.2) is 6.10 Å². The van der Waals surface area contributed by atoms with Gasteiger partial charge in [0.1, 0.15) is 12.7 Å². The molecule has 63 heavy (non-hydrogen) atoms. The zero-order valence-corrected chi connectivity index (χ0v) is 41.0. The van der Waals surface area contributed by atoms with Crippen molar-refractivity contribution in [1.29, 1.82) is 0 Å². The summed E-state index contributed by atoms with van der Waals surface area (Å²) in [6.07, 6.45) is 45.8. The van der Waals surface area contributed by atoms with Gasteiger partial charge in [-0.2, -0.15) is 0 Å². The van der Waals surface area contributed by atoms with Crippen molar-refractivity contribution < 1.29 is 52.5 Å². The van der Waals surface area contributed by atoms with Crippen molar-refractivity contribution in [1.82, 2.24) is 0 Å². The van der Waals surface area contributed by atoms with Crippen molar-refractivity contribution in [2.24, 2.45) is 5.92 Å². The van der Waals surface area contributed by atoms with Crippen molar-refractivity contribution in [3.63, 3.8) is 0 Å². The molecule has 4 unspecified atom stereocenters. The Kier molecular flexibility index (Phi) is 39.0. The number of rotatable bonds is 46. The molecule has 1 aliphatic rings. The van der Waals surface area contributed by atoms with E-state index in [9.17, 15) is 24.2 Å². The van der Waals surface area contributed by atoms with Crippen molar-refractivity contribution >= 4 is 19.8 Å². The minimum atomic E-state index is -4.64. The molecule has 12 heteroatoms. The summed E-state index contributed by atoms with van der Waals surface area (Å²) in [7, 11) is -4.64. The second kappa shape index (κ2) is 41.6. The maximum atomic E-state index is 12.6. The lowest BCUT2D eigenvalue weighted by Gasteiger charge is -2.20. The van der Waals surface area contributed by atoms with Crippen LogP contribution in [0.25, 0.3) is 0 Å². The van der Waals surface area contributed by atoms with Crippen LogP contribution < -0.4 is 0 Å². The summed E-state index contributed by atoms with van der Waals surface area (Å²) < 4.78 is 38.5. The van der Waals surface area contributed by atoms with Crippen molar-refractivity contribution in [3.05, 3.63) is 36.5 Å². The third-order valence-corrected chi connectivity index (χ3v) is 12.7. The van der Waals surface area contributed by atoms with Crippen LogP contribution in [0.5, 0.6) is 0 Å². The van der Waals surface area contributed by atoms with E-state index in [1.807, 2.05) is 6.08 Å². The standard InChI is InChI=1S/C51H93O11P/c1-4-6-31-37-48-49(62-48)38-33-28-24-20-17-18-22-26-30-35-40-51(55)61-47(44-60-63(56,57)59-42-46(53)41-52)43-58-50(54)39-34-29-25-21-16-14-12-10-8-7-9-11-13-15-19-23-27-32-36-45(3)5-2/h17,20,22,26,28,33,45-49,52-53H,4-16,18-19,21,23-25,27,29-32,34-44H2,1-3H3,(H,56,57)/b20-17-,26-22-,33-28-/t45?,46-,47+,48?,49?/m0/s1. The fraction of sp³-hybridized carbons (Fsp3) is 0.843. The van der Waals surface area contributed by atoms with E-state index in [0.29, 0.717) is 31.5 Å². The molecule has 6 atom stereocenters. The predicted molar refractivity (Wildman–Crippen MR) is 255 cm³/mol. The highest BCUT2D eigenvalue weighted by Crippen LogP contribution is 2.43. The maximum absolute atomic E-state index is 12.6. The van der Waals surface area contributed by atoms with E-state index in [2.05, 4.69) is 51.2 Å². The highest BCUT2D eigenvalue weighted by Gasteiger charge is 2.36. The van der Waals surface area contributed by atoms with Crippen molar-refractivity contribution in [2.45, 2.75) is 244 Å². The van der Waals surface area contributed by atoms with E-state index in [1.165, 1.54) is 128 Å². The number of phosphoric ester groups is 1. The summed E-state index contributed by atoms with van der Waals surface area (Å²) in [5.74, 6) is -0.0950. The summed E-state index contributed by atoms with van der Waals surface area (Å²) in [5, 5.41) is 18.4. The lowest BCUT2D eigenvalue weighted by molar-refractivity contribution is -0.161. The number of carbonyl (C=O) groups excluding carboxylic acids is 2. The van der Waals surface area contributed by atoms with Gasteiger partial charge in [0, 0.05) is 12.8 Å². The van der Waals surface area contributed by atoms with Gasteiger partial charge in [0.2, 0.25) is 0 Å². The number of aliphatic hydroxyl groups excluding tert-OH is 2. The van der Waals surface area contributed by atoms with Crippen LogP contribution in [0.3, 0.4) is 0 Å². The summed E-state index contributed by atoms with van der Waals surface area (Å²) in [4.78, 5) is 35.1. The molecular formula is C51H93O11P. The van der Waals surface area contributed by atoms with E-state index < -0.39 is 51.8 Å². The molecule has 11 nitrogen and oxygen atoms in total. The monoisotopic (exact) mass is 913 g/mol. The summed E-state index contributed by atoms with van der Waals surface area (Å²) in [6, 6.07) is 0. The number of ether oxygens (including phenoxy) is 3. The Morgan fingerprint density at radius 3 is 1.73 bits per heavy atom. The van der Waals surface area contributed by atoms with Crippen LogP contribution in [-0.2, 0) is 37.4 Å². The Hall–Kier alpha value is -1.85. The van der Waals surface area contributed by atoms with Crippen LogP contribution in [0, 0.1) is 5.92 Å². The van der Waals surface area contributed by atoms with Crippen molar-refractivity contribution in [2.75, 3.05) is 26.4 Å². The molecule has 1 rings (SSSR count). The van der Waals surface area contributed by atoms with Gasteiger partial charge in [-0.3, -0.25) is 18.6 Å². The normalized spacial score (nSPS) is 17.7. The maximum Gasteiger partial charge on any atom is 0.472 e. The quantitative estimate of drug-likeness (QED) is 0.0175. The molecule has 0 bridgehead atoms. The Balaban J connectivity index is 2.19. The van der Waals surface area contributed by atoms with Gasteiger partial charge >= 0.3 is 19.8 Å². The zero-order valence-electron chi connectivity index (χ0n) is 40.2. The molecular weight excluding hydrogens is 820 g/mol. The molecule has 1 fully saturated rings. The van der Waals surface area contributed by atoms with E-state index >= 15 is 0 Å². The van der Waals surface area contributed by atoms with Gasteiger partial charge in [0.05, 0.1) is 32.0 Å². The predicted octanol–water partition coefficient (Wildman–Crippen LogP) is 13.1. The highest BCUT2D eigenvalue weighted by molar-refractivity contribution is 7.47. The van der Waals surface area contributed by atoms with Crippen molar-refractivity contribution in [3.8, 4) is 0 Å². The Labute approximate surface area is 384 Å². The molecule has 0 amide bonds. The number of aliphatic hydroxyl groups is 2. The summed E-state index contributed by atoms with van der Waals surface area (Å²) in [5.41, 5.74) is 0. The molecule has 3 N–H and O–H groups in total. The topological polar surface area (TPSA) is 161 Å². The third-order valence-electron chi connectivity index (χ3n) is 11.8. The van der Waals surface area contributed by atoms with Crippen LogP contribution in [0.2, 0.25) is 0 Å². The van der Waals surface area contributed by atoms with Gasteiger partial charge in [-0.15, -0.1) is 0 Å². The van der Waals surface area contributed by atoms with E-state index in [-0.39, 0.29) is 19.4 Å². The van der Waals surface area contributed by atoms with Crippen LogP contribution in [0.4, 0.5) is 0 Å². The number of carbonyl (C=O) groups is 2. The molecule has 0 radical (unpaired) electrons. The first-order chi connectivity index (χ1) is 30.6. The smallest absolute Gasteiger partial charge is 0.462 e. The fourth-order valence-corrected chi connectivity index (χ4v) is 8.14. The number of hydrogen-bond donors (Lipinski definition) is 3. The Morgan fingerprint density at radius 2 is 1.16 bits per heavy atom. The highest BCUT2D eigenvalue weighted by atomic mass is 31.2. The molecule has 1 heterocycles. The number of hydrogen-bond acceptors (Lipinski definition) is 10. The van der Waals surface area contributed by atoms with Gasteiger partial charge in [-0.1, -0.05) is 198 Å².